The van der Waals surface area contributed by atoms with E-state index in [-0.39, 0.29) is 12.0 Å². The molecule has 5 heteroatoms. The maximum absolute atomic E-state index is 13.1. The topological polar surface area (TPSA) is 47.4 Å². The Hall–Kier alpha value is -2.82. The van der Waals surface area contributed by atoms with E-state index < -0.39 is 0 Å². The molecule has 2 atom stereocenters. The zero-order chi connectivity index (χ0) is 18.2. The molecule has 1 amide bonds. The minimum absolute atomic E-state index is 0.170. The lowest BCUT2D eigenvalue weighted by atomic mass is 9.99. The second-order valence-corrected chi connectivity index (χ2v) is 7.59. The highest BCUT2D eigenvalue weighted by Crippen LogP contribution is 2.37. The Morgan fingerprint density at radius 1 is 1.07 bits per heavy atom. The number of para-hydroxylation sites is 1. The van der Waals surface area contributed by atoms with Crippen LogP contribution in [0.4, 0.5) is 0 Å². The molecule has 0 radical (unpaired) electrons. The standard InChI is InChI=1S/C22H23N3O2/c26-22(15-24-11-9-16-4-1-2-6-21(16)24)25-17-7-8-18(25)13-20(12-17)27-19-5-3-10-23-14-19/h1-6,9-11,14,17-18,20H,7-8,12-13,15H2/t17-,18-/m0/s1. The number of amides is 1. The largest absolute Gasteiger partial charge is 0.489 e. The first kappa shape index (κ1) is 16.4. The van der Waals surface area contributed by atoms with Crippen molar-refractivity contribution in [3.8, 4) is 5.75 Å². The molecule has 2 aliphatic rings. The van der Waals surface area contributed by atoms with E-state index in [1.165, 1.54) is 5.39 Å². The van der Waals surface area contributed by atoms with Crippen LogP contribution < -0.4 is 4.74 Å². The van der Waals surface area contributed by atoms with Crippen LogP contribution in [0, 0.1) is 0 Å². The van der Waals surface area contributed by atoms with E-state index in [0.29, 0.717) is 18.6 Å². The molecule has 2 aromatic heterocycles. The van der Waals surface area contributed by atoms with Crippen LogP contribution in [0.1, 0.15) is 25.7 Å². The fourth-order valence-electron chi connectivity index (χ4n) is 4.75. The van der Waals surface area contributed by atoms with Crippen molar-refractivity contribution in [2.75, 3.05) is 0 Å². The quantitative estimate of drug-likeness (QED) is 0.713. The number of carbonyl (C=O) groups is 1. The van der Waals surface area contributed by atoms with Crippen molar-refractivity contribution >= 4 is 16.8 Å². The predicted molar refractivity (Wildman–Crippen MR) is 103 cm³/mol. The zero-order valence-corrected chi connectivity index (χ0v) is 15.2. The molecule has 2 fully saturated rings. The summed E-state index contributed by atoms with van der Waals surface area (Å²) in [7, 11) is 0. The highest BCUT2D eigenvalue weighted by Gasteiger charge is 2.43. The predicted octanol–water partition coefficient (Wildman–Crippen LogP) is 3.64. The van der Waals surface area contributed by atoms with Crippen LogP contribution >= 0.6 is 0 Å². The van der Waals surface area contributed by atoms with Crippen molar-refractivity contribution in [2.24, 2.45) is 0 Å². The third-order valence-corrected chi connectivity index (χ3v) is 5.90. The van der Waals surface area contributed by atoms with Crippen LogP contribution in [-0.4, -0.2) is 38.5 Å². The van der Waals surface area contributed by atoms with Gasteiger partial charge < -0.3 is 14.2 Å². The summed E-state index contributed by atoms with van der Waals surface area (Å²) in [6.45, 7) is 0.411. The number of pyridine rings is 1. The van der Waals surface area contributed by atoms with Crippen molar-refractivity contribution in [1.82, 2.24) is 14.5 Å². The Balaban J connectivity index is 1.28. The molecule has 0 saturated carbocycles. The molecule has 2 aliphatic heterocycles. The van der Waals surface area contributed by atoms with Gasteiger partial charge in [-0.05, 0) is 42.5 Å². The van der Waals surface area contributed by atoms with E-state index in [2.05, 4.69) is 32.7 Å². The third kappa shape index (κ3) is 3.07. The maximum atomic E-state index is 13.1. The molecular weight excluding hydrogens is 338 g/mol. The molecule has 27 heavy (non-hydrogen) atoms. The third-order valence-electron chi connectivity index (χ3n) is 5.90. The Kier molecular flexibility index (Phi) is 4.07. The first-order valence-corrected chi connectivity index (χ1v) is 9.69. The van der Waals surface area contributed by atoms with Gasteiger partial charge in [0.2, 0.25) is 5.91 Å². The average Bonchev–Trinajstić information content (AvgIpc) is 3.21. The Morgan fingerprint density at radius 2 is 1.89 bits per heavy atom. The minimum atomic E-state index is 0.170. The van der Waals surface area contributed by atoms with Gasteiger partial charge >= 0.3 is 0 Å². The molecule has 0 spiro atoms. The molecule has 2 saturated heterocycles. The summed E-state index contributed by atoms with van der Waals surface area (Å²) in [5.74, 6) is 1.05. The summed E-state index contributed by atoms with van der Waals surface area (Å²) in [5.41, 5.74) is 1.12. The number of carbonyl (C=O) groups excluding carboxylic acids is 1. The lowest BCUT2D eigenvalue weighted by Gasteiger charge is -2.39. The number of nitrogens with zero attached hydrogens (tertiary/aromatic N) is 3. The number of hydrogen-bond donors (Lipinski definition) is 0. The van der Waals surface area contributed by atoms with Crippen LogP contribution in [0.2, 0.25) is 0 Å². The number of fused-ring (bicyclic) bond motifs is 3. The number of aromatic nitrogens is 2. The van der Waals surface area contributed by atoms with Crippen molar-refractivity contribution in [3.63, 3.8) is 0 Å². The van der Waals surface area contributed by atoms with Crippen molar-refractivity contribution in [3.05, 3.63) is 61.1 Å². The summed E-state index contributed by atoms with van der Waals surface area (Å²) in [4.78, 5) is 19.3. The Bertz CT molecular complexity index is 938. The van der Waals surface area contributed by atoms with Crippen molar-refractivity contribution < 1.29 is 9.53 Å². The van der Waals surface area contributed by atoms with Gasteiger partial charge in [-0.25, -0.2) is 0 Å². The molecular formula is C22H23N3O2. The monoisotopic (exact) mass is 361 g/mol. The van der Waals surface area contributed by atoms with Gasteiger partial charge in [0.25, 0.3) is 0 Å². The van der Waals surface area contributed by atoms with Gasteiger partial charge in [-0.3, -0.25) is 9.78 Å². The molecule has 5 nitrogen and oxygen atoms in total. The van der Waals surface area contributed by atoms with Gasteiger partial charge in [-0.2, -0.15) is 0 Å². The summed E-state index contributed by atoms with van der Waals surface area (Å²) in [6.07, 6.45) is 9.67. The second-order valence-electron chi connectivity index (χ2n) is 7.59. The number of benzene rings is 1. The van der Waals surface area contributed by atoms with Gasteiger partial charge in [-0.15, -0.1) is 0 Å². The summed E-state index contributed by atoms with van der Waals surface area (Å²) < 4.78 is 8.19. The zero-order valence-electron chi connectivity index (χ0n) is 15.2. The Morgan fingerprint density at radius 3 is 2.67 bits per heavy atom. The van der Waals surface area contributed by atoms with Crippen LogP contribution in [0.3, 0.4) is 0 Å². The van der Waals surface area contributed by atoms with Crippen molar-refractivity contribution in [1.29, 1.82) is 0 Å². The van der Waals surface area contributed by atoms with E-state index >= 15 is 0 Å². The van der Waals surface area contributed by atoms with E-state index in [0.717, 1.165) is 36.9 Å². The van der Waals surface area contributed by atoms with Gasteiger partial charge in [-0.1, -0.05) is 18.2 Å². The lowest BCUT2D eigenvalue weighted by Crippen LogP contribution is -2.50. The van der Waals surface area contributed by atoms with Crippen LogP contribution in [0.25, 0.3) is 10.9 Å². The molecule has 0 unspecified atom stereocenters. The average molecular weight is 361 g/mol. The molecule has 0 aliphatic carbocycles. The number of ether oxygens (including phenoxy) is 1. The fraction of sp³-hybridized carbons (Fsp3) is 0.364. The summed E-state index contributed by atoms with van der Waals surface area (Å²) in [5, 5.41) is 1.18. The van der Waals surface area contributed by atoms with E-state index in [4.69, 9.17) is 4.74 Å². The van der Waals surface area contributed by atoms with E-state index in [9.17, 15) is 4.79 Å². The smallest absolute Gasteiger partial charge is 0.243 e. The van der Waals surface area contributed by atoms with Gasteiger partial charge in [0, 0.05) is 42.8 Å². The van der Waals surface area contributed by atoms with Crippen LogP contribution in [0.15, 0.2) is 61.1 Å². The number of hydrogen-bond acceptors (Lipinski definition) is 3. The normalized spacial score (nSPS) is 24.3. The SMILES string of the molecule is O=C(Cn1ccc2ccccc21)N1[C@H]2CC[C@H]1CC(Oc1cccnc1)C2. The maximum Gasteiger partial charge on any atom is 0.243 e. The molecule has 2 bridgehead atoms. The molecule has 138 valence electrons. The molecule has 0 N–H and O–H groups in total. The second kappa shape index (κ2) is 6.72. The highest BCUT2D eigenvalue weighted by molar-refractivity contribution is 5.83. The Labute approximate surface area is 158 Å². The van der Waals surface area contributed by atoms with Gasteiger partial charge in [0.1, 0.15) is 18.4 Å². The van der Waals surface area contributed by atoms with E-state index in [1.807, 2.05) is 30.5 Å². The van der Waals surface area contributed by atoms with Gasteiger partial charge in [0.15, 0.2) is 0 Å². The molecule has 1 aromatic carbocycles. The van der Waals surface area contributed by atoms with Crippen LogP contribution in [0.5, 0.6) is 5.75 Å². The van der Waals surface area contributed by atoms with E-state index in [1.54, 1.807) is 12.4 Å². The summed E-state index contributed by atoms with van der Waals surface area (Å²) in [6, 6.07) is 14.7. The lowest BCUT2D eigenvalue weighted by molar-refractivity contribution is -0.137. The fourth-order valence-corrected chi connectivity index (χ4v) is 4.75. The van der Waals surface area contributed by atoms with Crippen molar-refractivity contribution in [2.45, 2.75) is 50.4 Å². The molecule has 3 aromatic rings. The molecule has 4 heterocycles. The van der Waals surface area contributed by atoms with Gasteiger partial charge in [0.05, 0.1) is 6.20 Å². The first-order valence-electron chi connectivity index (χ1n) is 9.69. The number of rotatable bonds is 4. The summed E-state index contributed by atoms with van der Waals surface area (Å²) >= 11 is 0. The minimum Gasteiger partial charge on any atom is -0.489 e. The van der Waals surface area contributed by atoms with Crippen LogP contribution in [-0.2, 0) is 11.3 Å². The first-order chi connectivity index (χ1) is 13.3. The number of piperidine rings is 1. The highest BCUT2D eigenvalue weighted by atomic mass is 16.5. The molecule has 5 rings (SSSR count).